The number of nitrogens with one attached hydrogen (secondary N) is 3. The lowest BCUT2D eigenvalue weighted by molar-refractivity contribution is -0.132. The van der Waals surface area contributed by atoms with Gasteiger partial charge in [-0.25, -0.2) is 4.79 Å². The maximum Gasteiger partial charge on any atom is 0.339 e. The van der Waals surface area contributed by atoms with Crippen LogP contribution in [0.4, 0.5) is 11.4 Å². The molecule has 1 aliphatic rings. The summed E-state index contributed by atoms with van der Waals surface area (Å²) in [6.45, 7) is 7.17. The van der Waals surface area contributed by atoms with Crippen LogP contribution in [0.2, 0.25) is 0 Å². The molecule has 0 aromatic carbocycles. The number of carbonyl (C=O) groups is 4. The highest BCUT2D eigenvalue weighted by Gasteiger charge is 2.34. The molecule has 1 aromatic heterocycles. The first-order valence-corrected chi connectivity index (χ1v) is 12.5. The first-order valence-electron chi connectivity index (χ1n) is 12.5. The molecule has 8 N–H and O–H groups in total. The SMILES string of the molecule is CC[C@H](C)[C@H](NC(=O)[C@@H](N)C1CCCCC1)C(=O)NC(C)(C)CC(=O)Nc1cncc(C(=O)O)c1N. The molecule has 1 heterocycles. The summed E-state index contributed by atoms with van der Waals surface area (Å²) in [7, 11) is 0. The molecule has 200 valence electrons. The van der Waals surface area contributed by atoms with Crippen LogP contribution in [-0.4, -0.2) is 51.4 Å². The van der Waals surface area contributed by atoms with E-state index in [2.05, 4.69) is 20.9 Å². The van der Waals surface area contributed by atoms with Crippen LogP contribution in [0.25, 0.3) is 0 Å². The largest absolute Gasteiger partial charge is 0.478 e. The number of carboxylic acid groups (broad SMARTS) is 1. The molecule has 0 radical (unpaired) electrons. The molecule has 0 saturated heterocycles. The smallest absolute Gasteiger partial charge is 0.339 e. The number of aromatic carboxylic acids is 1. The highest BCUT2D eigenvalue weighted by Crippen LogP contribution is 2.26. The Morgan fingerprint density at radius 1 is 1.14 bits per heavy atom. The van der Waals surface area contributed by atoms with Gasteiger partial charge in [0.05, 0.1) is 23.6 Å². The van der Waals surface area contributed by atoms with E-state index in [4.69, 9.17) is 11.5 Å². The Kier molecular flexibility index (Phi) is 10.2. The molecular weight excluding hydrogens is 464 g/mol. The van der Waals surface area contributed by atoms with E-state index in [0.29, 0.717) is 6.42 Å². The van der Waals surface area contributed by atoms with E-state index >= 15 is 0 Å². The van der Waals surface area contributed by atoms with Crippen LogP contribution < -0.4 is 27.4 Å². The summed E-state index contributed by atoms with van der Waals surface area (Å²) in [5.74, 6) is -2.52. The van der Waals surface area contributed by atoms with Crippen LogP contribution >= 0.6 is 0 Å². The lowest BCUT2D eigenvalue weighted by atomic mass is 9.83. The van der Waals surface area contributed by atoms with E-state index in [1.807, 2.05) is 13.8 Å². The summed E-state index contributed by atoms with van der Waals surface area (Å²) in [5, 5.41) is 17.4. The second-order valence-electron chi connectivity index (χ2n) is 10.3. The van der Waals surface area contributed by atoms with E-state index in [-0.39, 0.29) is 41.1 Å². The molecule has 1 fully saturated rings. The number of rotatable bonds is 11. The van der Waals surface area contributed by atoms with Crippen LogP contribution in [0, 0.1) is 11.8 Å². The van der Waals surface area contributed by atoms with Gasteiger partial charge in [-0.2, -0.15) is 0 Å². The number of aromatic nitrogens is 1. The van der Waals surface area contributed by atoms with E-state index in [9.17, 15) is 24.3 Å². The van der Waals surface area contributed by atoms with E-state index in [0.717, 1.165) is 38.3 Å². The van der Waals surface area contributed by atoms with E-state index in [1.54, 1.807) is 13.8 Å². The fourth-order valence-electron chi connectivity index (χ4n) is 4.45. The molecule has 0 spiro atoms. The van der Waals surface area contributed by atoms with E-state index < -0.39 is 35.4 Å². The number of nitrogens with two attached hydrogens (primary N) is 2. The predicted octanol–water partition coefficient (Wildman–Crippen LogP) is 2.02. The highest BCUT2D eigenvalue weighted by atomic mass is 16.4. The van der Waals surface area contributed by atoms with Gasteiger partial charge in [-0.05, 0) is 38.5 Å². The minimum Gasteiger partial charge on any atom is -0.478 e. The first kappa shape index (κ1) is 29.0. The maximum atomic E-state index is 13.2. The van der Waals surface area contributed by atoms with Crippen molar-refractivity contribution < 1.29 is 24.3 Å². The molecule has 1 aromatic rings. The zero-order valence-electron chi connectivity index (χ0n) is 21.6. The number of hydrogen-bond acceptors (Lipinski definition) is 7. The minimum atomic E-state index is -1.26. The van der Waals surface area contributed by atoms with E-state index in [1.165, 1.54) is 6.20 Å². The topological polar surface area (TPSA) is 190 Å². The molecule has 0 bridgehead atoms. The van der Waals surface area contributed by atoms with Crippen molar-refractivity contribution in [1.29, 1.82) is 0 Å². The third-order valence-electron chi connectivity index (χ3n) is 6.81. The molecule has 0 unspecified atom stereocenters. The zero-order valence-corrected chi connectivity index (χ0v) is 21.6. The molecule has 1 saturated carbocycles. The summed E-state index contributed by atoms with van der Waals surface area (Å²) < 4.78 is 0. The summed E-state index contributed by atoms with van der Waals surface area (Å²) in [5.41, 5.74) is 10.8. The average Bonchev–Trinajstić information content (AvgIpc) is 2.82. The van der Waals surface area contributed by atoms with Crippen molar-refractivity contribution in [2.75, 3.05) is 11.1 Å². The number of hydrogen-bond donors (Lipinski definition) is 6. The van der Waals surface area contributed by atoms with Crippen LogP contribution in [-0.2, 0) is 14.4 Å². The summed E-state index contributed by atoms with van der Waals surface area (Å²) in [4.78, 5) is 53.8. The van der Waals surface area contributed by atoms with Crippen molar-refractivity contribution in [1.82, 2.24) is 15.6 Å². The van der Waals surface area contributed by atoms with Crippen molar-refractivity contribution in [3.63, 3.8) is 0 Å². The fraction of sp³-hybridized carbons (Fsp3) is 0.640. The predicted molar refractivity (Wildman–Crippen MR) is 137 cm³/mol. The Bertz CT molecular complexity index is 960. The number of carboxylic acids is 1. The lowest BCUT2D eigenvalue weighted by Crippen LogP contribution is -2.59. The molecule has 0 aliphatic heterocycles. The van der Waals surface area contributed by atoms with Gasteiger partial charge in [0.25, 0.3) is 0 Å². The molecule has 11 heteroatoms. The van der Waals surface area contributed by atoms with Gasteiger partial charge in [0.1, 0.15) is 11.6 Å². The Balaban J connectivity index is 2.04. The zero-order chi connectivity index (χ0) is 27.0. The standard InChI is InChI=1S/C25H40N6O5/c1-5-14(2)21(30-22(33)19(26)15-9-7-6-8-10-15)23(34)31-25(3,4)11-18(32)29-17-13-28-12-16(20(17)27)24(35)36/h12-15,19,21H,5-11,26H2,1-4H3,(H2,27,28)(H,29,32)(H,30,33)(H,31,34)(H,35,36)/t14-,19-,21-/m0/s1. The van der Waals surface area contributed by atoms with Crippen molar-refractivity contribution in [3.05, 3.63) is 18.0 Å². The molecule has 36 heavy (non-hydrogen) atoms. The van der Waals surface area contributed by atoms with Crippen LogP contribution in [0.3, 0.4) is 0 Å². The van der Waals surface area contributed by atoms with Gasteiger partial charge in [0.15, 0.2) is 0 Å². The average molecular weight is 505 g/mol. The first-order chi connectivity index (χ1) is 16.9. The number of anilines is 2. The number of carbonyl (C=O) groups excluding carboxylic acids is 3. The van der Waals surface area contributed by atoms with Gasteiger partial charge in [-0.1, -0.05) is 39.5 Å². The Morgan fingerprint density at radius 3 is 2.36 bits per heavy atom. The minimum absolute atomic E-state index is 0.0727. The van der Waals surface area contributed by atoms with Crippen molar-refractivity contribution in [2.24, 2.45) is 17.6 Å². The molecule has 3 atom stereocenters. The molecule has 1 aliphatic carbocycles. The van der Waals surface area contributed by atoms with Crippen molar-refractivity contribution in [2.45, 2.75) is 90.3 Å². The molecule has 2 rings (SSSR count). The van der Waals surface area contributed by atoms with Crippen LogP contribution in [0.15, 0.2) is 12.4 Å². The Labute approximate surface area is 212 Å². The quantitative estimate of drug-likeness (QED) is 0.264. The van der Waals surface area contributed by atoms with Crippen LogP contribution in [0.5, 0.6) is 0 Å². The summed E-state index contributed by atoms with van der Waals surface area (Å²) in [6, 6.07) is -1.46. The molecule has 3 amide bonds. The number of amides is 3. The van der Waals surface area contributed by atoms with Gasteiger partial charge in [0, 0.05) is 18.2 Å². The normalized spacial score (nSPS) is 16.9. The van der Waals surface area contributed by atoms with Gasteiger partial charge < -0.3 is 32.5 Å². The van der Waals surface area contributed by atoms with Gasteiger partial charge in [-0.15, -0.1) is 0 Å². The Morgan fingerprint density at radius 2 is 1.78 bits per heavy atom. The fourth-order valence-corrected chi connectivity index (χ4v) is 4.45. The molecular formula is C25H40N6O5. The third-order valence-corrected chi connectivity index (χ3v) is 6.81. The second-order valence-corrected chi connectivity index (χ2v) is 10.3. The van der Waals surface area contributed by atoms with Gasteiger partial charge >= 0.3 is 5.97 Å². The van der Waals surface area contributed by atoms with Crippen molar-refractivity contribution >= 4 is 35.1 Å². The number of nitrogen functional groups attached to an aromatic ring is 1. The second kappa shape index (κ2) is 12.7. The van der Waals surface area contributed by atoms with Gasteiger partial charge in [-0.3, -0.25) is 19.4 Å². The molecule has 11 nitrogen and oxygen atoms in total. The summed E-state index contributed by atoms with van der Waals surface area (Å²) >= 11 is 0. The lowest BCUT2D eigenvalue weighted by Gasteiger charge is -2.32. The van der Waals surface area contributed by atoms with Gasteiger partial charge in [0.2, 0.25) is 17.7 Å². The third kappa shape index (κ3) is 7.91. The van der Waals surface area contributed by atoms with Crippen LogP contribution in [0.1, 0.15) is 83.0 Å². The summed E-state index contributed by atoms with van der Waals surface area (Å²) in [6.07, 6.45) is 7.97. The number of nitrogens with zero attached hydrogens (tertiary/aromatic N) is 1. The maximum absolute atomic E-state index is 13.2. The monoisotopic (exact) mass is 504 g/mol. The highest BCUT2D eigenvalue weighted by molar-refractivity contribution is 6.01. The Hall–Kier alpha value is -3.21. The van der Waals surface area contributed by atoms with Crippen molar-refractivity contribution in [3.8, 4) is 0 Å². The number of pyridine rings is 1.